The predicted octanol–water partition coefficient (Wildman–Crippen LogP) is 3.95. The Labute approximate surface area is 156 Å². The van der Waals surface area contributed by atoms with Crippen LogP contribution in [-0.2, 0) is 4.79 Å². The van der Waals surface area contributed by atoms with Gasteiger partial charge >= 0.3 is 0 Å². The molecule has 3 N–H and O–H groups in total. The Morgan fingerprint density at radius 1 is 1.38 bits per heavy atom. The van der Waals surface area contributed by atoms with E-state index in [0.717, 1.165) is 6.42 Å². The molecular formula is C17H29Cl2N3O2. The molecule has 0 bridgehead atoms. The topological polar surface area (TPSA) is 77.2 Å². The normalized spacial score (nSPS) is 15.6. The second-order valence-electron chi connectivity index (χ2n) is 6.05. The number of nitrogens with two attached hydrogens (primary N) is 1. The van der Waals surface area contributed by atoms with Crippen molar-refractivity contribution in [1.82, 2.24) is 4.98 Å². The van der Waals surface area contributed by atoms with Gasteiger partial charge in [-0.3, -0.25) is 4.79 Å². The first-order chi connectivity index (χ1) is 10.7. The van der Waals surface area contributed by atoms with E-state index in [1.54, 1.807) is 6.20 Å². The number of rotatable bonds is 7. The fraction of sp³-hybridized carbons (Fsp3) is 0.647. The lowest BCUT2D eigenvalue weighted by Gasteiger charge is -2.22. The summed E-state index contributed by atoms with van der Waals surface area (Å²) in [6.07, 6.45) is 9.55. The maximum absolute atomic E-state index is 12.0. The molecule has 1 atom stereocenters. The number of nitrogens with one attached hydrogen (secondary N) is 1. The van der Waals surface area contributed by atoms with Crippen molar-refractivity contribution in [3.05, 3.63) is 18.3 Å². The van der Waals surface area contributed by atoms with Crippen molar-refractivity contribution in [3.63, 3.8) is 0 Å². The Balaban J connectivity index is 0.00000264. The average Bonchev–Trinajstić information content (AvgIpc) is 2.55. The number of aromatic nitrogens is 1. The van der Waals surface area contributed by atoms with Crippen molar-refractivity contribution in [2.45, 2.75) is 57.9 Å². The van der Waals surface area contributed by atoms with Crippen LogP contribution in [0.25, 0.3) is 0 Å². The molecule has 1 saturated carbocycles. The largest absolute Gasteiger partial charge is 0.489 e. The lowest BCUT2D eigenvalue weighted by molar-refractivity contribution is -0.117. The molecule has 2 rings (SSSR count). The zero-order valence-corrected chi connectivity index (χ0v) is 15.8. The van der Waals surface area contributed by atoms with Gasteiger partial charge in [-0.15, -0.1) is 24.8 Å². The van der Waals surface area contributed by atoms with Crippen molar-refractivity contribution in [1.29, 1.82) is 0 Å². The number of anilines is 1. The lowest BCUT2D eigenvalue weighted by Crippen LogP contribution is -2.35. The fourth-order valence-corrected chi connectivity index (χ4v) is 2.81. The quantitative estimate of drug-likeness (QED) is 0.753. The summed E-state index contributed by atoms with van der Waals surface area (Å²) in [5, 5.41) is 2.78. The zero-order chi connectivity index (χ0) is 15.8. The fourth-order valence-electron chi connectivity index (χ4n) is 2.81. The third-order valence-electron chi connectivity index (χ3n) is 4.15. The summed E-state index contributed by atoms with van der Waals surface area (Å²) < 4.78 is 5.90. The molecule has 0 aliphatic heterocycles. The van der Waals surface area contributed by atoms with Crippen molar-refractivity contribution in [2.75, 3.05) is 11.9 Å². The molecule has 1 amide bonds. The molecular weight excluding hydrogens is 349 g/mol. The monoisotopic (exact) mass is 377 g/mol. The number of hydrogen-bond acceptors (Lipinski definition) is 4. The van der Waals surface area contributed by atoms with E-state index in [1.165, 1.54) is 32.1 Å². The Kier molecular flexibility index (Phi) is 11.8. The molecule has 0 radical (unpaired) electrons. The van der Waals surface area contributed by atoms with Crippen LogP contribution in [0.4, 0.5) is 5.82 Å². The number of amides is 1. The van der Waals surface area contributed by atoms with Gasteiger partial charge in [0.15, 0.2) is 11.6 Å². The summed E-state index contributed by atoms with van der Waals surface area (Å²) in [5.74, 6) is 1.50. The molecule has 1 heterocycles. The summed E-state index contributed by atoms with van der Waals surface area (Å²) in [6.45, 7) is 2.70. The van der Waals surface area contributed by atoms with Gasteiger partial charge in [-0.1, -0.05) is 32.6 Å². The van der Waals surface area contributed by atoms with Crippen LogP contribution < -0.4 is 15.8 Å². The van der Waals surface area contributed by atoms with Crippen molar-refractivity contribution >= 4 is 36.5 Å². The molecule has 5 nitrogen and oxygen atoms in total. The standard InChI is InChI=1S/C17H27N3O2.2ClH/c1-2-7-14(18)17(21)20-16-15(10-6-11-19-16)22-12-13-8-4-3-5-9-13;;/h6,10-11,13-14H,2-5,7-9,12,18H2,1H3,(H,19,20,21);2*1H. The Morgan fingerprint density at radius 2 is 2.08 bits per heavy atom. The van der Waals surface area contributed by atoms with E-state index in [-0.39, 0.29) is 30.7 Å². The molecule has 1 aromatic rings. The third-order valence-corrected chi connectivity index (χ3v) is 4.15. The Bertz CT molecular complexity index is 483. The van der Waals surface area contributed by atoms with E-state index in [2.05, 4.69) is 10.3 Å². The van der Waals surface area contributed by atoms with Crippen LogP contribution in [0.1, 0.15) is 51.9 Å². The van der Waals surface area contributed by atoms with Crippen molar-refractivity contribution < 1.29 is 9.53 Å². The van der Waals surface area contributed by atoms with Crippen LogP contribution >= 0.6 is 24.8 Å². The maximum atomic E-state index is 12.0. The van der Waals surface area contributed by atoms with Crippen LogP contribution in [0.15, 0.2) is 18.3 Å². The van der Waals surface area contributed by atoms with E-state index in [0.29, 0.717) is 30.5 Å². The van der Waals surface area contributed by atoms with Crippen LogP contribution in [-0.4, -0.2) is 23.5 Å². The van der Waals surface area contributed by atoms with E-state index in [1.807, 2.05) is 19.1 Å². The SMILES string of the molecule is CCCC(N)C(=O)Nc1ncccc1OCC1CCCCC1.Cl.Cl. The van der Waals surface area contributed by atoms with E-state index in [9.17, 15) is 4.79 Å². The maximum Gasteiger partial charge on any atom is 0.242 e. The zero-order valence-electron chi connectivity index (χ0n) is 14.2. The van der Waals surface area contributed by atoms with Gasteiger partial charge in [0.1, 0.15) is 0 Å². The van der Waals surface area contributed by atoms with Crippen molar-refractivity contribution in [2.24, 2.45) is 11.7 Å². The van der Waals surface area contributed by atoms with Gasteiger partial charge in [0.25, 0.3) is 0 Å². The third kappa shape index (κ3) is 7.24. The molecule has 1 unspecified atom stereocenters. The Hall–Kier alpha value is -1.04. The first-order valence-electron chi connectivity index (χ1n) is 8.35. The number of hydrogen-bond donors (Lipinski definition) is 2. The highest BCUT2D eigenvalue weighted by atomic mass is 35.5. The number of pyridine rings is 1. The second kappa shape index (κ2) is 12.3. The van der Waals surface area contributed by atoms with E-state index in [4.69, 9.17) is 10.5 Å². The van der Waals surface area contributed by atoms with Gasteiger partial charge in [-0.2, -0.15) is 0 Å². The second-order valence-corrected chi connectivity index (χ2v) is 6.05. The smallest absolute Gasteiger partial charge is 0.242 e. The van der Waals surface area contributed by atoms with Crippen LogP contribution in [0.2, 0.25) is 0 Å². The molecule has 1 aliphatic rings. The summed E-state index contributed by atoms with van der Waals surface area (Å²) >= 11 is 0. The van der Waals surface area contributed by atoms with Gasteiger partial charge in [-0.05, 0) is 37.3 Å². The van der Waals surface area contributed by atoms with Crippen molar-refractivity contribution in [3.8, 4) is 5.75 Å². The number of nitrogens with zero attached hydrogens (tertiary/aromatic N) is 1. The molecule has 1 aromatic heterocycles. The molecule has 24 heavy (non-hydrogen) atoms. The van der Waals surface area contributed by atoms with Crippen LogP contribution in [0.3, 0.4) is 0 Å². The van der Waals surface area contributed by atoms with Gasteiger partial charge in [0.05, 0.1) is 12.6 Å². The Morgan fingerprint density at radius 3 is 2.75 bits per heavy atom. The summed E-state index contributed by atoms with van der Waals surface area (Å²) in [6, 6.07) is 3.16. The highest BCUT2D eigenvalue weighted by Crippen LogP contribution is 2.27. The minimum absolute atomic E-state index is 0. The summed E-state index contributed by atoms with van der Waals surface area (Å²) in [5.41, 5.74) is 5.84. The van der Waals surface area contributed by atoms with Gasteiger partial charge in [0, 0.05) is 6.20 Å². The van der Waals surface area contributed by atoms with Gasteiger partial charge in [-0.25, -0.2) is 4.98 Å². The molecule has 1 aliphatic carbocycles. The number of carbonyl (C=O) groups excluding carboxylic acids is 1. The van der Waals surface area contributed by atoms with Gasteiger partial charge in [0.2, 0.25) is 5.91 Å². The first kappa shape index (κ1) is 23.0. The first-order valence-corrected chi connectivity index (χ1v) is 8.35. The average molecular weight is 378 g/mol. The van der Waals surface area contributed by atoms with Crippen LogP contribution in [0, 0.1) is 5.92 Å². The molecule has 138 valence electrons. The van der Waals surface area contributed by atoms with E-state index < -0.39 is 6.04 Å². The molecule has 7 heteroatoms. The number of ether oxygens (including phenoxy) is 1. The van der Waals surface area contributed by atoms with Gasteiger partial charge < -0.3 is 15.8 Å². The minimum Gasteiger partial charge on any atom is -0.489 e. The molecule has 1 fully saturated rings. The molecule has 0 aromatic carbocycles. The van der Waals surface area contributed by atoms with E-state index >= 15 is 0 Å². The highest BCUT2D eigenvalue weighted by molar-refractivity contribution is 5.94. The predicted molar refractivity (Wildman–Crippen MR) is 102 cm³/mol. The molecule has 0 spiro atoms. The molecule has 0 saturated heterocycles. The summed E-state index contributed by atoms with van der Waals surface area (Å²) in [7, 11) is 0. The minimum atomic E-state index is -0.502. The van der Waals surface area contributed by atoms with Crippen LogP contribution in [0.5, 0.6) is 5.75 Å². The highest BCUT2D eigenvalue weighted by Gasteiger charge is 2.17. The number of carbonyl (C=O) groups is 1. The lowest BCUT2D eigenvalue weighted by atomic mass is 9.90. The summed E-state index contributed by atoms with van der Waals surface area (Å²) in [4.78, 5) is 16.2. The number of halogens is 2.